The van der Waals surface area contributed by atoms with Crippen molar-refractivity contribution in [2.24, 2.45) is 23.5 Å². The maximum Gasteiger partial charge on any atom is 1.00 e. The number of aryl methyl sites for hydroxylation is 1. The van der Waals surface area contributed by atoms with Gasteiger partial charge in [-0.2, -0.15) is 0 Å². The van der Waals surface area contributed by atoms with Gasteiger partial charge >= 0.3 is 98.8 Å². The van der Waals surface area contributed by atoms with Crippen LogP contribution in [0.5, 0.6) is 0 Å². The summed E-state index contributed by atoms with van der Waals surface area (Å²) in [5.41, 5.74) is 12.2. The number of alkyl halides is 2. The second kappa shape index (κ2) is 55.3. The van der Waals surface area contributed by atoms with Crippen LogP contribution in [0.2, 0.25) is 5.02 Å². The number of hydrogen-bond donors (Lipinski definition) is 5. The zero-order chi connectivity index (χ0) is 90.1. The smallest absolute Gasteiger partial charge is 1.00 e. The van der Waals surface area contributed by atoms with E-state index in [1.165, 1.54) is 54.4 Å². The molecule has 0 amide bonds. The SMILES string of the molecule is CC(=O)O.CC(C)(C)OC(=O)C1CCCCC1.CC(C)(C)OC(=O)C1CCN(CC[C@@H](N)CSc2ccccc2)CC1.Cc1cc(S(=O)(=O)Nc2ccc(N3CCN(c4cc(F)cc(-c5c(S(C)(=O)=O)c(C)n(C(C)C)c5-c5ccc(Cl)cc5)c4)CC3)cc2)ccc1N[C@H](CCN1CCC(C(=O)O)CC1)CSc1ccccc1.ClCCCl.[B-]OC(C)=O.[H-].[K+].[Na+]. The number of carboxylic acids is 2. The van der Waals surface area contributed by atoms with Crippen LogP contribution in [0.4, 0.5) is 27.1 Å². The molecule has 6 N–H and O–H groups in total. The number of rotatable bonds is 27. The van der Waals surface area contributed by atoms with Crippen LogP contribution in [-0.2, 0) is 58.0 Å². The molecular formula is C91H126BCl3FKN8NaO14S4. The fourth-order valence-electron chi connectivity index (χ4n) is 14.5. The molecule has 0 bridgehead atoms. The van der Waals surface area contributed by atoms with Gasteiger partial charge in [0.25, 0.3) is 16.0 Å². The molecular weight excluding hydrogens is 1760 g/mol. The zero-order valence-electron chi connectivity index (χ0n) is 75.8. The van der Waals surface area contributed by atoms with Crippen LogP contribution in [0, 0.1) is 37.4 Å². The minimum absolute atomic E-state index is 0. The Labute approximate surface area is 827 Å². The molecule has 22 nitrogen and oxygen atoms in total. The summed E-state index contributed by atoms with van der Waals surface area (Å²) >= 11 is 20.0. The van der Waals surface area contributed by atoms with E-state index in [0.717, 1.165) is 119 Å². The number of benzene rings is 6. The maximum absolute atomic E-state index is 15.7. The average molecular weight is 1880 g/mol. The van der Waals surface area contributed by atoms with E-state index >= 15 is 4.39 Å². The quantitative estimate of drug-likeness (QED) is 0.0138. The molecule has 671 valence electrons. The molecule has 0 unspecified atom stereocenters. The summed E-state index contributed by atoms with van der Waals surface area (Å²) < 4.78 is 89.4. The number of piperidine rings is 2. The number of thioether (sulfide) groups is 2. The van der Waals surface area contributed by atoms with E-state index in [2.05, 4.69) is 78.7 Å². The maximum atomic E-state index is 15.7. The van der Waals surface area contributed by atoms with Crippen LogP contribution in [-0.4, -0.2) is 198 Å². The number of anilines is 4. The molecule has 3 radical (unpaired) electrons. The summed E-state index contributed by atoms with van der Waals surface area (Å²) in [5, 5.41) is 21.1. The Kier molecular flexibility index (Phi) is 49.7. The van der Waals surface area contributed by atoms with E-state index in [1.807, 2.05) is 139 Å². The number of halogens is 4. The summed E-state index contributed by atoms with van der Waals surface area (Å²) in [7, 11) is -3.35. The van der Waals surface area contributed by atoms with Gasteiger partial charge in [0.05, 0.1) is 33.2 Å². The van der Waals surface area contributed by atoms with Crippen LogP contribution in [0.1, 0.15) is 159 Å². The number of likely N-dealkylation sites (tertiary alicyclic amines) is 2. The minimum atomic E-state index is -3.92. The number of aromatic nitrogens is 1. The Balaban J connectivity index is 0.000000604. The number of sulfonamides is 1. The predicted molar refractivity (Wildman–Crippen MR) is 498 cm³/mol. The van der Waals surface area contributed by atoms with Crippen molar-refractivity contribution in [2.75, 3.05) is 115 Å². The summed E-state index contributed by atoms with van der Waals surface area (Å²) in [6.07, 6.45) is 11.8. The second-order valence-electron chi connectivity index (χ2n) is 33.1. The van der Waals surface area contributed by atoms with Gasteiger partial charge in [0.15, 0.2) is 9.84 Å². The summed E-state index contributed by atoms with van der Waals surface area (Å²) in [6, 6.07) is 45.2. The van der Waals surface area contributed by atoms with Gasteiger partial charge in [-0.25, -0.2) is 21.2 Å². The number of carbonyl (C=O) groups is 5. The van der Waals surface area contributed by atoms with Gasteiger partial charge in [-0.3, -0.25) is 28.7 Å². The number of esters is 2. The van der Waals surface area contributed by atoms with E-state index in [-0.39, 0.29) is 146 Å². The van der Waals surface area contributed by atoms with Crippen LogP contribution >= 0.6 is 58.3 Å². The monoisotopic (exact) mass is 1880 g/mol. The second-order valence-corrected chi connectivity index (χ2v) is 40.1. The summed E-state index contributed by atoms with van der Waals surface area (Å²) in [5.74, 6) is 0.283. The van der Waals surface area contributed by atoms with E-state index in [9.17, 15) is 41.1 Å². The molecule has 1 aliphatic carbocycles. The first-order valence-electron chi connectivity index (χ1n) is 41.5. The van der Waals surface area contributed by atoms with Gasteiger partial charge in [-0.05, 0) is 267 Å². The van der Waals surface area contributed by atoms with Crippen LogP contribution in [0.15, 0.2) is 165 Å². The number of hydrogen-bond acceptors (Lipinski definition) is 20. The van der Waals surface area contributed by atoms with E-state index in [1.54, 1.807) is 55.1 Å². The van der Waals surface area contributed by atoms with E-state index in [0.29, 0.717) is 89.7 Å². The molecule has 1 saturated carbocycles. The first kappa shape index (κ1) is 111. The van der Waals surface area contributed by atoms with Crippen molar-refractivity contribution in [3.63, 3.8) is 0 Å². The Morgan fingerprint density at radius 2 is 1.10 bits per heavy atom. The van der Waals surface area contributed by atoms with Crippen LogP contribution in [0.25, 0.3) is 22.4 Å². The van der Waals surface area contributed by atoms with Crippen molar-refractivity contribution >= 4 is 139 Å². The third kappa shape index (κ3) is 39.4. The van der Waals surface area contributed by atoms with Gasteiger partial charge in [0.1, 0.15) is 17.0 Å². The third-order valence-corrected chi connectivity index (χ3v) is 26.2. The normalized spacial score (nSPS) is 15.4. The molecule has 4 fully saturated rings. The minimum Gasteiger partial charge on any atom is -1.00 e. The average Bonchev–Trinajstić information content (AvgIpc) is 1.58. The molecule has 124 heavy (non-hydrogen) atoms. The first-order valence-corrected chi connectivity index (χ1v) is 48.3. The van der Waals surface area contributed by atoms with Crippen LogP contribution in [0.3, 0.4) is 0 Å². The Morgan fingerprint density at radius 3 is 1.55 bits per heavy atom. The summed E-state index contributed by atoms with van der Waals surface area (Å²) in [6.45, 7) is 29.2. The molecule has 4 heterocycles. The number of ether oxygens (including phenoxy) is 2. The molecule has 11 rings (SSSR count). The first-order chi connectivity index (χ1) is 57.6. The molecule has 1 aromatic heterocycles. The molecule has 6 aromatic carbocycles. The number of piperazine rings is 1. The number of carboxylic acid groups (broad SMARTS) is 2. The van der Waals surface area contributed by atoms with Gasteiger partial charge in [0.2, 0.25) is 5.97 Å². The molecule has 2 atom stereocenters. The number of sulfone groups is 1. The van der Waals surface area contributed by atoms with Gasteiger partial charge in [-0.15, -0.1) is 46.7 Å². The van der Waals surface area contributed by atoms with E-state index < -0.39 is 49.2 Å². The van der Waals surface area contributed by atoms with Gasteiger partial charge in [-0.1, -0.05) is 79.4 Å². The number of nitrogens with one attached hydrogen (secondary N) is 2. The molecule has 3 aliphatic heterocycles. The van der Waals surface area contributed by atoms with E-state index in [4.69, 9.17) is 59.9 Å². The van der Waals surface area contributed by atoms with Crippen molar-refractivity contribution in [1.82, 2.24) is 14.4 Å². The number of aliphatic carboxylic acids is 2. The molecule has 33 heteroatoms. The Hall–Kier alpha value is -4.87. The van der Waals surface area contributed by atoms with Crippen molar-refractivity contribution in [3.05, 3.63) is 168 Å². The third-order valence-electron chi connectivity index (χ3n) is 20.4. The Morgan fingerprint density at radius 1 is 0.629 bits per heavy atom. The zero-order valence-corrected chi connectivity index (χ0v) is 85.5. The molecule has 0 spiro atoms. The fourth-order valence-corrected chi connectivity index (χ4v) is 18.9. The standard InChI is InChI=1S/C54H62ClFN6O6S3.C20H32N2O2S.C11H20O2.C2H3BO2.C2H4Cl2.C2H4O2.K.Na.H/c1-36(2)62-38(4)53(70(5,65)66)51(52(62)39-11-13-42(55)14-12-39)41-32-43(56)34-47(33-41)61-29-27-60(28-30-61)46-17-15-44(16-18-46)58-71(67,68)49-19-20-50(37(3)31-49)57-45(35-69-48-9-7-6-8-10-48)23-26-59-24-21-40(22-25-59)54(63)64;1-20(2,3)24-19(23)16-9-12-22(13-10-16)14-11-17(21)15-25-18-7-5-4-6-8-18;1-11(2,3)13-10(12)9-7-5-4-6-8-9;1-2(4)5-3;3-1-2-4;1-2(3)4;;;/h6-20,31-34,36,40,45,57-58H,21-30,35H2,1-5H3,(H,63,64);4-8,16-17H,9-15,21H2,1-3H3;9H,4-8H2,1-3H3;1H3;1-2H2;1H3,(H,3,4);;;/q;;;-1;;;2*+1;-1/t45-;17-;;;;;;;/m11......./s1. The Bertz CT molecular complexity index is 4680. The van der Waals surface area contributed by atoms with Crippen molar-refractivity contribution in [3.8, 4) is 22.4 Å². The van der Waals surface area contributed by atoms with Crippen molar-refractivity contribution in [1.29, 1.82) is 0 Å². The molecule has 7 aromatic rings. The van der Waals surface area contributed by atoms with Crippen LogP contribution < -0.4 is 107 Å². The number of nitrogens with zero attached hydrogens (tertiary/aromatic N) is 5. The van der Waals surface area contributed by atoms with Gasteiger partial charge < -0.3 is 69.0 Å². The largest absolute Gasteiger partial charge is 1.00 e. The van der Waals surface area contributed by atoms with Gasteiger partial charge in [0, 0.05) is 143 Å². The number of carbonyl (C=O) groups excluding carboxylic acids is 3. The van der Waals surface area contributed by atoms with Crippen molar-refractivity contribution in [2.45, 2.75) is 203 Å². The fraction of sp³-hybridized carbons (Fsp3) is 0.505. The molecule has 4 aliphatic rings. The molecule has 3 saturated heterocycles. The topological polar surface area (TPSA) is 290 Å². The predicted octanol–water partition coefficient (Wildman–Crippen LogP) is 12.9. The van der Waals surface area contributed by atoms with Crippen molar-refractivity contribution < 1.29 is 152 Å². The summed E-state index contributed by atoms with van der Waals surface area (Å²) in [4.78, 5) is 65.5. The number of nitrogens with two attached hydrogens (primary N) is 1.